The Balaban J connectivity index is 1.02. The molecular weight excluding hydrogens is 877 g/mol. The Morgan fingerprint density at radius 1 is 0.515 bits per heavy atom. The van der Waals surface area contributed by atoms with Crippen LogP contribution in [0.2, 0.25) is 0 Å². The normalized spacial score (nSPS) is 14.3. The molecule has 2 aliphatic heterocycles. The summed E-state index contributed by atoms with van der Waals surface area (Å²) in [4.78, 5) is 147. The summed E-state index contributed by atoms with van der Waals surface area (Å²) in [6.45, 7) is 14.4. The molecule has 6 aromatic rings. The summed E-state index contributed by atoms with van der Waals surface area (Å²) in [5.74, 6) is -8.88. The summed E-state index contributed by atoms with van der Waals surface area (Å²) >= 11 is 0. The van der Waals surface area contributed by atoms with Crippen LogP contribution in [0, 0.1) is 25.7 Å². The number of carbonyl (C=O) groups excluding carboxylic acids is 8. The number of pyridine rings is 4. The van der Waals surface area contributed by atoms with E-state index in [2.05, 4.69) is 31.5 Å². The standard InChI is InChI=1S/C48H46N10O10/c1-9-55-19-31(37(59)29-13-11-23(7)49-39(29)55)41(61)51-35(21(3)4)43(63)53-57-45(65)25-15-17-27-34-28(18-16-26(33(25)34)46(57)66)48(68)58(47(27)67)54-44(64)36(22(5)6)52-42(62)32-20-56(10-2)40-30(38(32)60)14-12-24(8)50-40/h11-22,35-36H,9-10H2,1-8H3,(H,51,61)(H,52,62)(H,53,63)(H,54,64). The van der Waals surface area contributed by atoms with Gasteiger partial charge in [-0.15, -0.1) is 0 Å². The first-order valence-corrected chi connectivity index (χ1v) is 21.9. The smallest absolute Gasteiger partial charge is 0.280 e. The number of imide groups is 2. The summed E-state index contributed by atoms with van der Waals surface area (Å²) in [5, 5.41) is 6.44. The summed E-state index contributed by atoms with van der Waals surface area (Å²) in [7, 11) is 0. The number of hydrazine groups is 2. The van der Waals surface area contributed by atoms with Gasteiger partial charge in [0.15, 0.2) is 0 Å². The fourth-order valence-corrected chi connectivity index (χ4v) is 8.47. The highest BCUT2D eigenvalue weighted by Gasteiger charge is 2.42. The second-order valence-electron chi connectivity index (χ2n) is 17.3. The average Bonchev–Trinajstić information content (AvgIpc) is 3.30. The van der Waals surface area contributed by atoms with Crippen LogP contribution in [-0.2, 0) is 22.7 Å². The van der Waals surface area contributed by atoms with E-state index in [-0.39, 0.29) is 54.9 Å². The van der Waals surface area contributed by atoms with Gasteiger partial charge in [-0.05, 0) is 88.1 Å². The van der Waals surface area contributed by atoms with Crippen LogP contribution >= 0.6 is 0 Å². The predicted molar refractivity (Wildman–Crippen MR) is 246 cm³/mol. The van der Waals surface area contributed by atoms with Gasteiger partial charge in [0.25, 0.3) is 47.3 Å². The monoisotopic (exact) mass is 922 g/mol. The minimum atomic E-state index is -1.35. The number of aryl methyl sites for hydroxylation is 4. The van der Waals surface area contributed by atoms with Crippen molar-refractivity contribution in [2.75, 3.05) is 0 Å². The summed E-state index contributed by atoms with van der Waals surface area (Å²) in [6, 6.07) is 8.70. The summed E-state index contributed by atoms with van der Waals surface area (Å²) in [5.41, 5.74) is 4.51. The van der Waals surface area contributed by atoms with Crippen LogP contribution in [0.4, 0.5) is 0 Å². The van der Waals surface area contributed by atoms with Gasteiger partial charge in [-0.1, -0.05) is 27.7 Å². The third-order valence-corrected chi connectivity index (χ3v) is 12.1. The number of nitrogens with zero attached hydrogens (tertiary/aromatic N) is 6. The molecule has 2 aromatic carbocycles. The lowest BCUT2D eigenvalue weighted by Crippen LogP contribution is -2.59. The van der Waals surface area contributed by atoms with E-state index < -0.39 is 82.0 Å². The molecular formula is C48H46N10O10. The van der Waals surface area contributed by atoms with Gasteiger partial charge in [-0.2, -0.15) is 10.0 Å². The highest BCUT2D eigenvalue weighted by atomic mass is 16.2. The fourth-order valence-electron chi connectivity index (χ4n) is 8.47. The predicted octanol–water partition coefficient (Wildman–Crippen LogP) is 3.08. The van der Waals surface area contributed by atoms with E-state index in [0.29, 0.717) is 45.8 Å². The van der Waals surface area contributed by atoms with E-state index in [1.165, 1.54) is 36.7 Å². The Morgan fingerprint density at radius 2 is 0.838 bits per heavy atom. The average molecular weight is 923 g/mol. The molecule has 2 atom stereocenters. The van der Waals surface area contributed by atoms with Gasteiger partial charge in [-0.3, -0.25) is 58.8 Å². The molecule has 0 fully saturated rings. The Labute approximate surface area is 386 Å². The first-order chi connectivity index (χ1) is 32.3. The number of hydrogen-bond donors (Lipinski definition) is 4. The number of fused-ring (bicyclic) bond motifs is 2. The molecule has 0 bridgehead atoms. The van der Waals surface area contributed by atoms with Gasteiger partial charge in [-0.25, -0.2) is 9.97 Å². The lowest BCUT2D eigenvalue weighted by molar-refractivity contribution is -0.127. The van der Waals surface area contributed by atoms with E-state index >= 15 is 0 Å². The van der Waals surface area contributed by atoms with Crippen LogP contribution in [-0.4, -0.2) is 88.5 Å². The van der Waals surface area contributed by atoms with Crippen molar-refractivity contribution in [1.29, 1.82) is 0 Å². The molecule has 68 heavy (non-hydrogen) atoms. The van der Waals surface area contributed by atoms with E-state index in [4.69, 9.17) is 0 Å². The first-order valence-electron chi connectivity index (χ1n) is 21.9. The number of aromatic nitrogens is 4. The highest BCUT2D eigenvalue weighted by Crippen LogP contribution is 2.37. The van der Waals surface area contributed by atoms with Crippen molar-refractivity contribution >= 4 is 80.1 Å². The number of nitrogens with one attached hydrogen (secondary N) is 4. The zero-order valence-corrected chi connectivity index (χ0v) is 38.3. The summed E-state index contributed by atoms with van der Waals surface area (Å²) < 4.78 is 3.28. The van der Waals surface area contributed by atoms with E-state index in [1.807, 2.05) is 13.8 Å². The second kappa shape index (κ2) is 17.4. The molecule has 4 aromatic heterocycles. The number of rotatable bonds is 12. The minimum Gasteiger partial charge on any atom is -0.340 e. The molecule has 20 heteroatoms. The van der Waals surface area contributed by atoms with Gasteiger partial charge in [0, 0.05) is 47.6 Å². The third-order valence-electron chi connectivity index (χ3n) is 12.1. The van der Waals surface area contributed by atoms with Crippen LogP contribution in [0.25, 0.3) is 32.8 Å². The minimum absolute atomic E-state index is 0.0409. The lowest BCUT2D eigenvalue weighted by Gasteiger charge is -2.33. The molecule has 6 heterocycles. The maximum atomic E-state index is 14.1. The molecule has 20 nitrogen and oxygen atoms in total. The highest BCUT2D eigenvalue weighted by molar-refractivity contribution is 6.33. The van der Waals surface area contributed by atoms with Crippen molar-refractivity contribution in [3.63, 3.8) is 0 Å². The maximum Gasteiger partial charge on any atom is 0.280 e. The van der Waals surface area contributed by atoms with Crippen LogP contribution in [0.3, 0.4) is 0 Å². The Morgan fingerprint density at radius 3 is 1.13 bits per heavy atom. The molecule has 0 radical (unpaired) electrons. The van der Waals surface area contributed by atoms with E-state index in [1.54, 1.807) is 74.9 Å². The van der Waals surface area contributed by atoms with E-state index in [0.717, 1.165) is 0 Å². The van der Waals surface area contributed by atoms with Crippen molar-refractivity contribution in [2.24, 2.45) is 11.8 Å². The lowest BCUT2D eigenvalue weighted by atomic mass is 9.86. The summed E-state index contributed by atoms with van der Waals surface area (Å²) in [6.07, 6.45) is 2.72. The SMILES string of the molecule is CCn1cc(C(=O)NC(C(=O)NN2C(=O)c3ccc4c5c(ccc(c35)C2=O)C(=O)N(NC(=O)C(NC(=O)c2cn(CC)c3nc(C)ccc3c2=O)C(C)C)C4=O)C(C)C)c(=O)c2ccc(C)nc21. The van der Waals surface area contributed by atoms with Crippen molar-refractivity contribution in [3.05, 3.63) is 126 Å². The largest absolute Gasteiger partial charge is 0.340 e. The number of amides is 8. The zero-order chi connectivity index (χ0) is 49.2. The van der Waals surface area contributed by atoms with Gasteiger partial charge in [0.1, 0.15) is 34.5 Å². The van der Waals surface area contributed by atoms with Crippen LogP contribution in [0.15, 0.2) is 70.5 Å². The quantitative estimate of drug-likeness (QED) is 0.129. The molecule has 8 rings (SSSR count). The molecule has 2 aliphatic rings. The number of hydrogen-bond acceptors (Lipinski definition) is 12. The van der Waals surface area contributed by atoms with Gasteiger partial charge >= 0.3 is 0 Å². The van der Waals surface area contributed by atoms with Crippen molar-refractivity contribution in [2.45, 2.75) is 80.6 Å². The fraction of sp³-hybridized carbons (Fsp3) is 0.292. The molecule has 348 valence electrons. The van der Waals surface area contributed by atoms with Crippen LogP contribution in [0.1, 0.15) is 115 Å². The number of benzene rings is 2. The van der Waals surface area contributed by atoms with Crippen LogP contribution < -0.4 is 32.3 Å². The number of carbonyl (C=O) groups is 8. The molecule has 0 spiro atoms. The van der Waals surface area contributed by atoms with Crippen LogP contribution in [0.5, 0.6) is 0 Å². The zero-order valence-electron chi connectivity index (χ0n) is 38.3. The Hall–Kier alpha value is -8.42. The molecule has 2 unspecified atom stereocenters. The topological polar surface area (TPSA) is 261 Å². The van der Waals surface area contributed by atoms with E-state index in [9.17, 15) is 47.9 Å². The van der Waals surface area contributed by atoms with Gasteiger partial charge in [0.05, 0.1) is 33.0 Å². The molecule has 8 amide bonds. The maximum absolute atomic E-state index is 14.1. The van der Waals surface area contributed by atoms with Gasteiger partial charge in [0.2, 0.25) is 10.9 Å². The molecule has 0 aliphatic carbocycles. The molecule has 0 saturated carbocycles. The molecule has 0 saturated heterocycles. The molecule has 4 N–H and O–H groups in total. The Kier molecular flexibility index (Phi) is 11.8. The van der Waals surface area contributed by atoms with Crippen molar-refractivity contribution < 1.29 is 38.4 Å². The van der Waals surface area contributed by atoms with Crippen molar-refractivity contribution in [1.82, 2.24) is 50.6 Å². The third kappa shape index (κ3) is 7.62. The first kappa shape index (κ1) is 46.1. The Bertz CT molecular complexity index is 3100. The van der Waals surface area contributed by atoms with Gasteiger partial charge < -0.3 is 19.8 Å². The van der Waals surface area contributed by atoms with Crippen molar-refractivity contribution in [3.8, 4) is 0 Å². The second-order valence-corrected chi connectivity index (χ2v) is 17.3.